The number of nitrogens with one attached hydrogen (secondary N) is 2. The fraction of sp³-hybridized carbons (Fsp3) is 0.308. The summed E-state index contributed by atoms with van der Waals surface area (Å²) in [4.78, 5) is 0. The third-order valence-electron chi connectivity index (χ3n) is 6.57. The number of hydrogen-bond donors (Lipinski definition) is 2. The molecule has 0 amide bonds. The molecule has 20 heteroatoms. The Kier molecular flexibility index (Phi) is 19.0. The molecule has 0 radical (unpaired) electrons. The van der Waals surface area contributed by atoms with Crippen LogP contribution in [-0.4, -0.2) is 38.7 Å². The molecule has 2 heterocycles. The predicted molar refractivity (Wildman–Crippen MR) is 135 cm³/mol. The van der Waals surface area contributed by atoms with Crippen molar-refractivity contribution in [2.45, 2.75) is 25.7 Å². The molecule has 0 atom stereocenters. The third kappa shape index (κ3) is 8.78. The Bertz CT molecular complexity index is 1450. The summed E-state index contributed by atoms with van der Waals surface area (Å²) in [6, 6.07) is 0. The zero-order chi connectivity index (χ0) is 33.2. The van der Waals surface area contributed by atoms with Crippen molar-refractivity contribution in [1.29, 1.82) is 21.0 Å². The number of hydrogen-bond acceptors (Lipinski definition) is 6. The van der Waals surface area contributed by atoms with E-state index in [2.05, 4.69) is 0 Å². The molecule has 0 bridgehead atoms. The van der Waals surface area contributed by atoms with E-state index in [1.165, 1.54) is 37.6 Å². The largest absolute Gasteiger partial charge is 1.00 e. The Morgan fingerprint density at radius 3 is 0.870 bits per heavy atom. The number of nitriles is 4. The van der Waals surface area contributed by atoms with Crippen LogP contribution in [0.1, 0.15) is 25.7 Å². The van der Waals surface area contributed by atoms with E-state index in [1.807, 2.05) is 0 Å². The van der Waals surface area contributed by atoms with Crippen molar-refractivity contribution in [3.8, 4) is 46.9 Å². The monoisotopic (exact) mass is 698 g/mol. The van der Waals surface area contributed by atoms with Gasteiger partial charge in [-0.2, -0.15) is 0 Å². The second-order valence-electron chi connectivity index (χ2n) is 9.27. The Labute approximate surface area is 343 Å². The molecular formula is C26H18B2F8K2N6O2+2. The zero-order valence-electron chi connectivity index (χ0n) is 24.4. The first kappa shape index (κ1) is 44.1. The van der Waals surface area contributed by atoms with Gasteiger partial charge in [-0.1, -0.05) is 10.9 Å². The van der Waals surface area contributed by atoms with Gasteiger partial charge in [-0.05, 0) is 25.7 Å². The van der Waals surface area contributed by atoms with E-state index in [1.54, 1.807) is 0 Å². The summed E-state index contributed by atoms with van der Waals surface area (Å²) in [6.07, 6.45) is -3.17. The molecule has 2 N–H and O–H groups in total. The summed E-state index contributed by atoms with van der Waals surface area (Å²) in [6.45, 7) is 4.00. The predicted octanol–water partition coefficient (Wildman–Crippen LogP) is -5.75. The third-order valence-corrected chi connectivity index (χ3v) is 6.57. The number of benzene rings is 2. The summed E-state index contributed by atoms with van der Waals surface area (Å²) < 4.78 is 127. The summed E-state index contributed by atoms with van der Waals surface area (Å²) in [5, 5.41) is 49.8. The molecule has 8 nitrogen and oxygen atoms in total. The van der Waals surface area contributed by atoms with Gasteiger partial charge in [0.25, 0.3) is 0 Å². The van der Waals surface area contributed by atoms with Crippen LogP contribution < -0.4 is 124 Å². The van der Waals surface area contributed by atoms with Gasteiger partial charge in [0, 0.05) is 26.4 Å². The van der Waals surface area contributed by atoms with E-state index < -0.39 is 80.9 Å². The van der Waals surface area contributed by atoms with E-state index in [-0.39, 0.29) is 103 Å². The van der Waals surface area contributed by atoms with Gasteiger partial charge in [0.1, 0.15) is 23.3 Å². The molecular weight excluding hydrogens is 680 g/mol. The van der Waals surface area contributed by atoms with Gasteiger partial charge in [0.15, 0.2) is 23.3 Å². The number of rotatable bonds is 3. The topological polar surface area (TPSA) is 161 Å². The van der Waals surface area contributed by atoms with Crippen LogP contribution in [0.5, 0.6) is 0 Å². The van der Waals surface area contributed by atoms with E-state index in [4.69, 9.17) is 41.0 Å². The van der Waals surface area contributed by atoms with Gasteiger partial charge in [0.2, 0.25) is 0 Å². The van der Waals surface area contributed by atoms with Crippen LogP contribution in [0.15, 0.2) is 0 Å². The minimum Gasteiger partial charge on any atom is -0.381 e. The van der Waals surface area contributed by atoms with Crippen LogP contribution in [0.3, 0.4) is 0 Å². The van der Waals surface area contributed by atoms with Gasteiger partial charge < -0.3 is 9.47 Å². The van der Waals surface area contributed by atoms with Gasteiger partial charge in [-0.25, -0.2) is 56.2 Å². The summed E-state index contributed by atoms with van der Waals surface area (Å²) >= 11 is 0. The van der Waals surface area contributed by atoms with Crippen LogP contribution in [0, 0.1) is 103 Å². The average molecular weight is 698 g/mol. The molecule has 4 rings (SSSR count). The van der Waals surface area contributed by atoms with Crippen molar-refractivity contribution < 1.29 is 158 Å². The summed E-state index contributed by atoms with van der Waals surface area (Å²) in [7, 11) is 0. The van der Waals surface area contributed by atoms with Crippen LogP contribution in [-0.2, 0) is 9.47 Å². The van der Waals surface area contributed by atoms with Crippen molar-refractivity contribution in [3.05, 3.63) is 46.5 Å². The minimum atomic E-state index is -4.25. The standard InChI is InChI=1S/C18B2F8N6.2C4H8O.2K/c21-11-7(12(22)16(26)9(15(11)25)19(1-29,2-30)3-31)8-13(23)17(27)10(18(28)14(8)24)20(4-32,5-33)6-34;2*1-2-4-5-3-1;;/h;2*1-4H2;;/q-2;;;2*+1/p+2. The molecule has 2 aromatic carbocycles. The van der Waals surface area contributed by atoms with Gasteiger partial charge in [-0.15, -0.1) is 34.4 Å². The summed E-state index contributed by atoms with van der Waals surface area (Å²) in [5.74, 6) is -15.0. The van der Waals surface area contributed by atoms with Gasteiger partial charge in [-0.3, -0.25) is 0 Å². The molecule has 0 aromatic heterocycles. The normalized spacial score (nSPS) is 13.2. The maximum Gasteiger partial charge on any atom is 1.00 e. The molecule has 226 valence electrons. The second kappa shape index (κ2) is 19.8. The van der Waals surface area contributed by atoms with Crippen LogP contribution in [0.25, 0.3) is 11.1 Å². The fourth-order valence-corrected chi connectivity index (χ4v) is 4.11. The number of ether oxygens (including phenoxy) is 2. The Morgan fingerprint density at radius 2 is 0.696 bits per heavy atom. The first-order valence-corrected chi connectivity index (χ1v) is 12.6. The quantitative estimate of drug-likeness (QED) is 0.185. The van der Waals surface area contributed by atoms with Crippen molar-refractivity contribution in [3.63, 3.8) is 0 Å². The molecule has 0 saturated carbocycles. The number of halogens is 8. The molecule has 2 aliphatic heterocycles. The van der Waals surface area contributed by atoms with E-state index >= 15 is 0 Å². The van der Waals surface area contributed by atoms with Crippen molar-refractivity contribution in [1.82, 2.24) is 0 Å². The van der Waals surface area contributed by atoms with Crippen molar-refractivity contribution in [2.75, 3.05) is 26.4 Å². The Morgan fingerprint density at radius 1 is 0.457 bits per heavy atom. The number of nitrogens with zero attached hydrogens (tertiary/aromatic N) is 4. The molecule has 46 heavy (non-hydrogen) atoms. The van der Waals surface area contributed by atoms with Crippen molar-refractivity contribution >= 4 is 23.2 Å². The Hall–Kier alpha value is -1.86. The Balaban J connectivity index is 0.00000142. The zero-order valence-corrected chi connectivity index (χ0v) is 30.7. The molecule has 2 aliphatic rings. The first-order valence-electron chi connectivity index (χ1n) is 12.6. The van der Waals surface area contributed by atoms with Crippen LogP contribution in [0.4, 0.5) is 35.1 Å². The molecule has 0 unspecified atom stereocenters. The molecule has 2 saturated heterocycles. The van der Waals surface area contributed by atoms with Crippen molar-refractivity contribution in [2.24, 2.45) is 0 Å². The van der Waals surface area contributed by atoms with E-state index in [9.17, 15) is 35.1 Å². The maximum absolute atomic E-state index is 14.7. The van der Waals surface area contributed by atoms with Gasteiger partial charge >= 0.3 is 115 Å². The smallest absolute Gasteiger partial charge is 0.381 e. The fourth-order valence-electron chi connectivity index (χ4n) is 4.11. The minimum absolute atomic E-state index is 0. The maximum atomic E-state index is 14.7. The van der Waals surface area contributed by atoms with Gasteiger partial charge in [0.05, 0.1) is 23.1 Å². The molecule has 2 fully saturated rings. The second-order valence-corrected chi connectivity index (χ2v) is 9.27. The molecule has 0 aliphatic carbocycles. The van der Waals surface area contributed by atoms with E-state index in [0.29, 0.717) is 0 Å². The van der Waals surface area contributed by atoms with Crippen LogP contribution >= 0.6 is 0 Å². The van der Waals surface area contributed by atoms with E-state index in [0.717, 1.165) is 50.3 Å². The average Bonchev–Trinajstić information content (AvgIpc) is 3.82. The first-order chi connectivity index (χ1) is 20.9. The molecule has 2 aromatic rings. The SMILES string of the molecule is C1CCOC1.C1CCOC1.N#C[B-](C#N)(C#N)c1c(F)c(F)c(-c2c(F)c(F)c([B-](C#N)(C#[NH+])C#[NH+])c(F)c2F)c(F)c1F.[K+].[K+]. The molecule has 0 spiro atoms. The summed E-state index contributed by atoms with van der Waals surface area (Å²) in [5.41, 5.74) is -8.61. The van der Waals surface area contributed by atoms with Crippen LogP contribution in [0.2, 0.25) is 0 Å².